The molecule has 1 amide bonds. The van der Waals surface area contributed by atoms with E-state index in [-0.39, 0.29) is 11.7 Å². The fourth-order valence-electron chi connectivity index (χ4n) is 3.59. The summed E-state index contributed by atoms with van der Waals surface area (Å²) in [4.78, 5) is 14.1. The zero-order chi connectivity index (χ0) is 17.7. The Morgan fingerprint density at radius 3 is 2.92 bits per heavy atom. The number of carbonyl (C=O) groups is 1. The van der Waals surface area contributed by atoms with Crippen LogP contribution in [-0.2, 0) is 12.8 Å². The van der Waals surface area contributed by atoms with E-state index in [1.165, 1.54) is 17.6 Å². The van der Waals surface area contributed by atoms with E-state index in [0.717, 1.165) is 34.3 Å². The van der Waals surface area contributed by atoms with Gasteiger partial charge in [0.1, 0.15) is 11.2 Å². The zero-order valence-electron chi connectivity index (χ0n) is 14.0. The van der Waals surface area contributed by atoms with Crippen LogP contribution in [0.25, 0.3) is 0 Å². The van der Waals surface area contributed by atoms with Crippen molar-refractivity contribution in [2.45, 2.75) is 32.4 Å². The topological polar surface area (TPSA) is 70.6 Å². The highest BCUT2D eigenvalue weighted by Gasteiger charge is 2.34. The van der Waals surface area contributed by atoms with Gasteiger partial charge in [-0.15, -0.1) is 11.3 Å². The molecule has 0 radical (unpaired) electrons. The van der Waals surface area contributed by atoms with E-state index in [4.69, 9.17) is 4.74 Å². The molecule has 0 unspecified atom stereocenters. The van der Waals surface area contributed by atoms with E-state index in [1.807, 2.05) is 0 Å². The van der Waals surface area contributed by atoms with Gasteiger partial charge in [0.15, 0.2) is 11.5 Å². The molecule has 0 spiro atoms. The number of benzene rings is 1. The minimum Gasteiger partial charge on any atom is -0.504 e. The number of amides is 1. The van der Waals surface area contributed by atoms with Gasteiger partial charge in [-0.1, -0.05) is 22.9 Å². The van der Waals surface area contributed by atoms with Gasteiger partial charge in [-0.05, 0) is 42.9 Å². The van der Waals surface area contributed by atoms with Crippen LogP contribution in [0.1, 0.15) is 45.9 Å². The number of anilines is 1. The van der Waals surface area contributed by atoms with Crippen molar-refractivity contribution in [1.82, 2.24) is 5.32 Å². The fraction of sp³-hybridized carbons (Fsp3) is 0.389. The minimum atomic E-state index is -0.496. The van der Waals surface area contributed by atoms with Gasteiger partial charge in [-0.2, -0.15) is 0 Å². The predicted octanol–water partition coefficient (Wildman–Crippen LogP) is 4.20. The van der Waals surface area contributed by atoms with Crippen LogP contribution in [0.4, 0.5) is 5.00 Å². The summed E-state index contributed by atoms with van der Waals surface area (Å²) < 4.78 is 5.99. The van der Waals surface area contributed by atoms with Crippen LogP contribution in [0.5, 0.6) is 11.5 Å². The lowest BCUT2D eigenvalue weighted by molar-refractivity contribution is 0.0934. The average Bonchev–Trinajstić information content (AvgIpc) is 2.94. The van der Waals surface area contributed by atoms with Crippen molar-refractivity contribution in [2.75, 3.05) is 12.4 Å². The number of halogens is 1. The molecule has 7 heteroatoms. The van der Waals surface area contributed by atoms with E-state index in [1.54, 1.807) is 23.5 Å². The average molecular weight is 423 g/mol. The highest BCUT2D eigenvalue weighted by molar-refractivity contribution is 9.10. The molecule has 25 heavy (non-hydrogen) atoms. The summed E-state index contributed by atoms with van der Waals surface area (Å²) in [6, 6.07) is 3.48. The summed E-state index contributed by atoms with van der Waals surface area (Å²) in [6.07, 6.45) is 2.61. The minimum absolute atomic E-state index is 0.0295. The summed E-state index contributed by atoms with van der Waals surface area (Å²) >= 11 is 5.09. The van der Waals surface area contributed by atoms with Crippen LogP contribution >= 0.6 is 27.3 Å². The molecule has 132 valence electrons. The predicted molar refractivity (Wildman–Crippen MR) is 102 cm³/mol. The van der Waals surface area contributed by atoms with Crippen LogP contribution in [0.15, 0.2) is 16.6 Å². The van der Waals surface area contributed by atoms with E-state index < -0.39 is 6.17 Å². The molecule has 1 aromatic carbocycles. The second-order valence-electron chi connectivity index (χ2n) is 6.65. The first-order valence-electron chi connectivity index (χ1n) is 8.26. The number of phenolic OH excluding ortho intramolecular Hbond substituents is 1. The SMILES string of the molecule is COc1cc(Br)cc([C@@H]2NC(=O)c3c(sc4c3CC[C@H](C)C4)N2)c1O. The number of rotatable bonds is 2. The molecule has 2 heterocycles. The lowest BCUT2D eigenvalue weighted by atomic mass is 9.88. The molecule has 5 nitrogen and oxygen atoms in total. The third kappa shape index (κ3) is 2.79. The van der Waals surface area contributed by atoms with Gasteiger partial charge in [0.2, 0.25) is 0 Å². The van der Waals surface area contributed by atoms with Crippen molar-refractivity contribution in [2.24, 2.45) is 5.92 Å². The molecule has 0 bridgehead atoms. The van der Waals surface area contributed by atoms with E-state index >= 15 is 0 Å². The maximum atomic E-state index is 12.8. The second kappa shape index (κ2) is 6.21. The van der Waals surface area contributed by atoms with Gasteiger partial charge in [-0.25, -0.2) is 0 Å². The standard InChI is InChI=1S/C18H19BrN2O3S/c1-8-3-4-10-13(5-8)25-18-14(10)17(23)20-16(21-18)11-6-9(19)7-12(24-2)15(11)22/h6-8,16,21-22H,3-5H2,1-2H3,(H,20,23)/t8-,16+/m0/s1. The van der Waals surface area contributed by atoms with E-state index in [0.29, 0.717) is 17.2 Å². The van der Waals surface area contributed by atoms with Gasteiger partial charge in [0, 0.05) is 14.9 Å². The summed E-state index contributed by atoms with van der Waals surface area (Å²) in [5, 5.41) is 17.7. The molecule has 2 aromatic rings. The molecule has 1 aromatic heterocycles. The van der Waals surface area contributed by atoms with Crippen LogP contribution in [0.2, 0.25) is 0 Å². The first kappa shape index (κ1) is 16.7. The third-order valence-electron chi connectivity index (χ3n) is 4.89. The summed E-state index contributed by atoms with van der Waals surface area (Å²) in [6.45, 7) is 2.25. The second-order valence-corrected chi connectivity index (χ2v) is 8.67. The summed E-state index contributed by atoms with van der Waals surface area (Å²) in [5.41, 5.74) is 2.55. The van der Waals surface area contributed by atoms with Gasteiger partial charge >= 0.3 is 0 Å². The molecule has 0 fully saturated rings. The number of phenols is 1. The third-order valence-corrected chi connectivity index (χ3v) is 6.53. The van der Waals surface area contributed by atoms with Crippen molar-refractivity contribution in [3.63, 3.8) is 0 Å². The Bertz CT molecular complexity index is 864. The van der Waals surface area contributed by atoms with Crippen molar-refractivity contribution in [1.29, 1.82) is 0 Å². The lowest BCUT2D eigenvalue weighted by Gasteiger charge is -2.28. The van der Waals surface area contributed by atoms with Crippen molar-refractivity contribution in [3.8, 4) is 11.5 Å². The van der Waals surface area contributed by atoms with Crippen LogP contribution in [0.3, 0.4) is 0 Å². The molecule has 3 N–H and O–H groups in total. The number of carbonyl (C=O) groups excluding carboxylic acids is 1. The Hall–Kier alpha value is -1.73. The van der Waals surface area contributed by atoms with Gasteiger partial charge in [0.25, 0.3) is 5.91 Å². The zero-order valence-corrected chi connectivity index (χ0v) is 16.4. The number of fused-ring (bicyclic) bond motifs is 3. The molecule has 0 saturated carbocycles. The molecule has 1 aliphatic carbocycles. The van der Waals surface area contributed by atoms with E-state index in [9.17, 15) is 9.90 Å². The van der Waals surface area contributed by atoms with Crippen molar-refractivity contribution in [3.05, 3.63) is 38.2 Å². The normalized spacial score (nSPS) is 21.8. The Balaban J connectivity index is 1.73. The highest BCUT2D eigenvalue weighted by Crippen LogP contribution is 2.44. The highest BCUT2D eigenvalue weighted by atomic mass is 79.9. The Morgan fingerprint density at radius 2 is 2.16 bits per heavy atom. The number of nitrogens with one attached hydrogen (secondary N) is 2. The Labute approximate surface area is 158 Å². The maximum Gasteiger partial charge on any atom is 0.256 e. The number of thiophene rings is 1. The van der Waals surface area contributed by atoms with E-state index in [2.05, 4.69) is 33.5 Å². The smallest absolute Gasteiger partial charge is 0.256 e. The quantitative estimate of drug-likeness (QED) is 0.677. The maximum absolute atomic E-state index is 12.8. The molecule has 4 rings (SSSR count). The Kier molecular flexibility index (Phi) is 4.16. The Morgan fingerprint density at radius 1 is 1.36 bits per heavy atom. The summed E-state index contributed by atoms with van der Waals surface area (Å²) in [7, 11) is 1.50. The molecular formula is C18H19BrN2O3S. The van der Waals surface area contributed by atoms with Crippen LogP contribution in [-0.4, -0.2) is 18.1 Å². The largest absolute Gasteiger partial charge is 0.504 e. The molecule has 2 atom stereocenters. The number of ether oxygens (including phenoxy) is 1. The molecular weight excluding hydrogens is 404 g/mol. The fourth-order valence-corrected chi connectivity index (χ4v) is 5.48. The first-order chi connectivity index (χ1) is 12.0. The monoisotopic (exact) mass is 422 g/mol. The number of methoxy groups -OCH3 is 1. The van der Waals surface area contributed by atoms with Crippen molar-refractivity contribution < 1.29 is 14.6 Å². The number of hydrogen-bond acceptors (Lipinski definition) is 5. The number of aromatic hydroxyl groups is 1. The molecule has 0 saturated heterocycles. The van der Waals surface area contributed by atoms with Crippen LogP contribution in [0, 0.1) is 5.92 Å². The first-order valence-corrected chi connectivity index (χ1v) is 9.87. The molecule has 1 aliphatic heterocycles. The lowest BCUT2D eigenvalue weighted by Crippen LogP contribution is -2.38. The van der Waals surface area contributed by atoms with Gasteiger partial charge < -0.3 is 20.5 Å². The van der Waals surface area contributed by atoms with Gasteiger partial charge in [0.05, 0.1) is 12.7 Å². The summed E-state index contributed by atoms with van der Waals surface area (Å²) in [5.74, 6) is 0.974. The molecule has 2 aliphatic rings. The van der Waals surface area contributed by atoms with Crippen LogP contribution < -0.4 is 15.4 Å². The van der Waals surface area contributed by atoms with Crippen molar-refractivity contribution >= 4 is 38.2 Å². The van der Waals surface area contributed by atoms with Gasteiger partial charge in [-0.3, -0.25) is 4.79 Å². The number of hydrogen-bond donors (Lipinski definition) is 3.